The van der Waals surface area contributed by atoms with E-state index in [9.17, 15) is 4.79 Å². The average Bonchev–Trinajstić information content (AvgIpc) is 1.80. The van der Waals surface area contributed by atoms with E-state index in [2.05, 4.69) is 0 Å². The smallest absolute Gasteiger partial charge is 0.149 e. The molecule has 0 amide bonds. The lowest BCUT2D eigenvalue weighted by Gasteiger charge is -2.25. The van der Waals surface area contributed by atoms with Crippen molar-refractivity contribution in [2.24, 2.45) is 5.41 Å². The van der Waals surface area contributed by atoms with E-state index in [1.165, 1.54) is 0 Å². The molecule has 0 fully saturated rings. The third-order valence-electron chi connectivity index (χ3n) is 1.32. The monoisotopic (exact) mass is 144 g/mol. The van der Waals surface area contributed by atoms with Gasteiger partial charge in [-0.05, 0) is 12.3 Å². The lowest BCUT2D eigenvalue weighted by Crippen LogP contribution is -2.30. The molecule has 0 heterocycles. The van der Waals surface area contributed by atoms with Crippen LogP contribution in [0.2, 0.25) is 0 Å². The van der Waals surface area contributed by atoms with E-state index in [4.69, 9.17) is 4.74 Å². The Labute approximate surface area is 62.6 Å². The standard InChI is InChI=1S/C8H16O2/c1-5-10-7(6-9)8(2,3)4/h6-7H,5H2,1-4H3. The maximum Gasteiger partial charge on any atom is 0.149 e. The fraction of sp³-hybridized carbons (Fsp3) is 0.875. The quantitative estimate of drug-likeness (QED) is 0.563. The summed E-state index contributed by atoms with van der Waals surface area (Å²) in [5.41, 5.74) is -0.0717. The van der Waals surface area contributed by atoms with Gasteiger partial charge in [-0.3, -0.25) is 0 Å². The zero-order valence-corrected chi connectivity index (χ0v) is 7.18. The van der Waals surface area contributed by atoms with Gasteiger partial charge in [0.1, 0.15) is 12.4 Å². The van der Waals surface area contributed by atoms with Crippen molar-refractivity contribution in [2.45, 2.75) is 33.8 Å². The lowest BCUT2D eigenvalue weighted by molar-refractivity contribution is -0.124. The highest BCUT2D eigenvalue weighted by Crippen LogP contribution is 2.20. The predicted molar refractivity (Wildman–Crippen MR) is 40.9 cm³/mol. The van der Waals surface area contributed by atoms with Gasteiger partial charge in [-0.1, -0.05) is 20.8 Å². The van der Waals surface area contributed by atoms with Crippen LogP contribution in [0.15, 0.2) is 0 Å². The minimum atomic E-state index is -0.266. The Morgan fingerprint density at radius 2 is 2.00 bits per heavy atom. The van der Waals surface area contributed by atoms with Gasteiger partial charge < -0.3 is 9.53 Å². The SMILES string of the molecule is CCOC(C=O)C(C)(C)C. The molecule has 0 aromatic heterocycles. The Hall–Kier alpha value is -0.370. The van der Waals surface area contributed by atoms with Crippen LogP contribution >= 0.6 is 0 Å². The van der Waals surface area contributed by atoms with E-state index in [-0.39, 0.29) is 11.5 Å². The zero-order valence-electron chi connectivity index (χ0n) is 7.18. The number of hydrogen-bond acceptors (Lipinski definition) is 2. The minimum absolute atomic E-state index is 0.0717. The summed E-state index contributed by atoms with van der Waals surface area (Å²) >= 11 is 0. The maximum absolute atomic E-state index is 10.4. The molecule has 60 valence electrons. The highest BCUT2D eigenvalue weighted by molar-refractivity contribution is 5.57. The topological polar surface area (TPSA) is 26.3 Å². The molecule has 0 saturated heterocycles. The van der Waals surface area contributed by atoms with Gasteiger partial charge in [-0.2, -0.15) is 0 Å². The second-order valence-corrected chi connectivity index (χ2v) is 3.38. The number of rotatable bonds is 3. The van der Waals surface area contributed by atoms with Crippen LogP contribution in [0, 0.1) is 5.41 Å². The Kier molecular flexibility index (Phi) is 3.58. The van der Waals surface area contributed by atoms with Crippen LogP contribution in [0.25, 0.3) is 0 Å². The first kappa shape index (κ1) is 9.63. The maximum atomic E-state index is 10.4. The van der Waals surface area contributed by atoms with Crippen LogP contribution in [-0.4, -0.2) is 19.0 Å². The summed E-state index contributed by atoms with van der Waals surface area (Å²) < 4.78 is 5.19. The van der Waals surface area contributed by atoms with Crippen LogP contribution in [0.5, 0.6) is 0 Å². The van der Waals surface area contributed by atoms with Crippen molar-refractivity contribution in [2.75, 3.05) is 6.61 Å². The molecular formula is C8H16O2. The highest BCUT2D eigenvalue weighted by atomic mass is 16.5. The molecule has 0 radical (unpaired) electrons. The van der Waals surface area contributed by atoms with Crippen molar-refractivity contribution in [3.63, 3.8) is 0 Å². The Morgan fingerprint density at radius 3 is 2.10 bits per heavy atom. The highest BCUT2D eigenvalue weighted by Gasteiger charge is 2.23. The van der Waals surface area contributed by atoms with Crippen molar-refractivity contribution in [1.29, 1.82) is 0 Å². The summed E-state index contributed by atoms with van der Waals surface area (Å²) in [5, 5.41) is 0. The normalized spacial score (nSPS) is 14.8. The average molecular weight is 144 g/mol. The first-order chi connectivity index (χ1) is 4.52. The minimum Gasteiger partial charge on any atom is -0.370 e. The largest absolute Gasteiger partial charge is 0.370 e. The molecule has 0 saturated carbocycles. The Morgan fingerprint density at radius 1 is 1.50 bits per heavy atom. The zero-order chi connectivity index (χ0) is 8.20. The molecule has 0 aromatic rings. The number of ether oxygens (including phenoxy) is 1. The number of aldehydes is 1. The van der Waals surface area contributed by atoms with Gasteiger partial charge in [0.15, 0.2) is 0 Å². The number of hydrogen-bond donors (Lipinski definition) is 0. The summed E-state index contributed by atoms with van der Waals surface area (Å²) in [7, 11) is 0. The second-order valence-electron chi connectivity index (χ2n) is 3.38. The second kappa shape index (κ2) is 3.71. The molecule has 2 heteroatoms. The molecule has 1 atom stereocenters. The molecule has 0 aliphatic rings. The van der Waals surface area contributed by atoms with Gasteiger partial charge in [0.25, 0.3) is 0 Å². The summed E-state index contributed by atoms with van der Waals surface area (Å²) in [6, 6.07) is 0. The van der Waals surface area contributed by atoms with Crippen LogP contribution in [-0.2, 0) is 9.53 Å². The Bertz CT molecular complexity index is 102. The molecule has 0 rings (SSSR count). The number of carbonyl (C=O) groups is 1. The van der Waals surface area contributed by atoms with Gasteiger partial charge in [-0.15, -0.1) is 0 Å². The summed E-state index contributed by atoms with van der Waals surface area (Å²) in [5.74, 6) is 0. The third-order valence-corrected chi connectivity index (χ3v) is 1.32. The van der Waals surface area contributed by atoms with Crippen molar-refractivity contribution in [3.05, 3.63) is 0 Å². The summed E-state index contributed by atoms with van der Waals surface area (Å²) in [4.78, 5) is 10.4. The molecule has 1 unspecified atom stereocenters. The molecule has 0 bridgehead atoms. The van der Waals surface area contributed by atoms with E-state index < -0.39 is 0 Å². The van der Waals surface area contributed by atoms with Crippen LogP contribution in [0.3, 0.4) is 0 Å². The van der Waals surface area contributed by atoms with Gasteiger partial charge in [-0.25, -0.2) is 0 Å². The molecule has 10 heavy (non-hydrogen) atoms. The van der Waals surface area contributed by atoms with Gasteiger partial charge >= 0.3 is 0 Å². The lowest BCUT2D eigenvalue weighted by atomic mass is 9.90. The van der Waals surface area contributed by atoms with E-state index in [0.29, 0.717) is 6.61 Å². The molecular weight excluding hydrogens is 128 g/mol. The van der Waals surface area contributed by atoms with Crippen molar-refractivity contribution in [1.82, 2.24) is 0 Å². The summed E-state index contributed by atoms with van der Waals surface area (Å²) in [6.45, 7) is 8.45. The van der Waals surface area contributed by atoms with E-state index in [1.807, 2.05) is 27.7 Å². The van der Waals surface area contributed by atoms with Crippen molar-refractivity contribution in [3.8, 4) is 0 Å². The van der Waals surface area contributed by atoms with E-state index >= 15 is 0 Å². The Balaban J connectivity index is 3.93. The first-order valence-electron chi connectivity index (χ1n) is 3.59. The third kappa shape index (κ3) is 2.97. The van der Waals surface area contributed by atoms with Crippen LogP contribution < -0.4 is 0 Å². The number of carbonyl (C=O) groups excluding carboxylic acids is 1. The predicted octanol–water partition coefficient (Wildman–Crippen LogP) is 1.64. The summed E-state index contributed by atoms with van der Waals surface area (Å²) in [6.07, 6.45) is 0.598. The molecule has 0 aliphatic heterocycles. The van der Waals surface area contributed by atoms with Crippen molar-refractivity contribution < 1.29 is 9.53 Å². The van der Waals surface area contributed by atoms with Crippen LogP contribution in [0.4, 0.5) is 0 Å². The van der Waals surface area contributed by atoms with Gasteiger partial charge in [0.2, 0.25) is 0 Å². The molecule has 0 spiro atoms. The molecule has 0 N–H and O–H groups in total. The van der Waals surface area contributed by atoms with Gasteiger partial charge in [0.05, 0.1) is 0 Å². The fourth-order valence-electron chi connectivity index (χ4n) is 0.673. The van der Waals surface area contributed by atoms with Crippen molar-refractivity contribution >= 4 is 6.29 Å². The van der Waals surface area contributed by atoms with E-state index in [1.54, 1.807) is 0 Å². The fourth-order valence-corrected chi connectivity index (χ4v) is 0.673. The van der Waals surface area contributed by atoms with Gasteiger partial charge in [0, 0.05) is 6.61 Å². The molecule has 0 aromatic carbocycles. The van der Waals surface area contributed by atoms with E-state index in [0.717, 1.165) is 6.29 Å². The van der Waals surface area contributed by atoms with Crippen LogP contribution in [0.1, 0.15) is 27.7 Å². The molecule has 2 nitrogen and oxygen atoms in total. The first-order valence-corrected chi connectivity index (χ1v) is 3.59. The molecule has 0 aliphatic carbocycles.